The second kappa shape index (κ2) is 7.24. The van der Waals surface area contributed by atoms with Crippen molar-refractivity contribution in [2.75, 3.05) is 31.6 Å². The fourth-order valence-corrected chi connectivity index (χ4v) is 2.56. The highest BCUT2D eigenvalue weighted by Gasteiger charge is 2.14. The van der Waals surface area contributed by atoms with Gasteiger partial charge in [-0.1, -0.05) is 0 Å². The number of rotatable bonds is 6. The molecule has 0 bridgehead atoms. The predicted molar refractivity (Wildman–Crippen MR) is 98.5 cm³/mol. The van der Waals surface area contributed by atoms with Crippen LogP contribution in [0.3, 0.4) is 0 Å². The lowest BCUT2D eigenvalue weighted by Crippen LogP contribution is -2.03. The summed E-state index contributed by atoms with van der Waals surface area (Å²) in [7, 11) is 3.19. The van der Waals surface area contributed by atoms with Gasteiger partial charge in [-0.05, 0) is 24.3 Å². The molecule has 0 fully saturated rings. The number of nitrogens with one attached hydrogen (secondary N) is 2. The van der Waals surface area contributed by atoms with Crippen molar-refractivity contribution in [3.63, 3.8) is 0 Å². The number of hydrogen-bond donors (Lipinski definition) is 2. The normalized spacial score (nSPS) is 11.8. The Balaban J connectivity index is 1.53. The zero-order valence-corrected chi connectivity index (χ0v) is 14.7. The summed E-state index contributed by atoms with van der Waals surface area (Å²) >= 11 is 0. The number of ether oxygens (including phenoxy) is 4. The second-order valence-corrected chi connectivity index (χ2v) is 5.55. The third kappa shape index (κ3) is 3.61. The van der Waals surface area contributed by atoms with Crippen molar-refractivity contribution in [1.29, 1.82) is 0 Å². The summed E-state index contributed by atoms with van der Waals surface area (Å²) in [5, 5.41) is 14.2. The summed E-state index contributed by atoms with van der Waals surface area (Å²) in [6.07, 6.45) is 1.52. The summed E-state index contributed by atoms with van der Waals surface area (Å²) in [6, 6.07) is 10.9. The molecule has 0 radical (unpaired) electrons. The Bertz CT molecular complexity index is 966. The SMILES string of the molecule is COc1ccc(Nc2cnnc(Nc3ccc4c(c3)OCO4)n2)c(OC)c1. The minimum Gasteiger partial charge on any atom is -0.497 e. The van der Waals surface area contributed by atoms with E-state index in [1.54, 1.807) is 20.3 Å². The molecule has 2 N–H and O–H groups in total. The summed E-state index contributed by atoms with van der Waals surface area (Å²) < 4.78 is 21.3. The highest BCUT2D eigenvalue weighted by Crippen LogP contribution is 2.35. The second-order valence-electron chi connectivity index (χ2n) is 5.55. The van der Waals surface area contributed by atoms with Gasteiger partial charge in [-0.15, -0.1) is 5.10 Å². The zero-order chi connectivity index (χ0) is 18.6. The Morgan fingerprint density at radius 1 is 0.963 bits per heavy atom. The first-order valence-corrected chi connectivity index (χ1v) is 8.10. The van der Waals surface area contributed by atoms with Crippen molar-refractivity contribution in [3.8, 4) is 23.0 Å². The average molecular weight is 367 g/mol. The largest absolute Gasteiger partial charge is 0.497 e. The summed E-state index contributed by atoms with van der Waals surface area (Å²) in [4.78, 5) is 4.42. The first kappa shape index (κ1) is 16.7. The van der Waals surface area contributed by atoms with Gasteiger partial charge in [0.1, 0.15) is 11.5 Å². The molecule has 1 aliphatic rings. The smallest absolute Gasteiger partial charge is 0.249 e. The van der Waals surface area contributed by atoms with Crippen LogP contribution in [0.25, 0.3) is 0 Å². The molecule has 4 rings (SSSR count). The molecule has 0 atom stereocenters. The molecule has 0 aliphatic carbocycles. The van der Waals surface area contributed by atoms with Crippen LogP contribution in [0.2, 0.25) is 0 Å². The van der Waals surface area contributed by atoms with Crippen molar-refractivity contribution in [1.82, 2.24) is 15.2 Å². The molecule has 27 heavy (non-hydrogen) atoms. The molecule has 0 saturated heterocycles. The quantitative estimate of drug-likeness (QED) is 0.680. The van der Waals surface area contributed by atoms with Crippen molar-refractivity contribution in [2.45, 2.75) is 0 Å². The molecular formula is C18H17N5O4. The van der Waals surface area contributed by atoms with E-state index in [9.17, 15) is 0 Å². The van der Waals surface area contributed by atoms with Crippen LogP contribution in [-0.2, 0) is 0 Å². The van der Waals surface area contributed by atoms with Gasteiger partial charge in [-0.25, -0.2) is 0 Å². The molecule has 1 aliphatic heterocycles. The molecule has 0 saturated carbocycles. The van der Waals surface area contributed by atoms with Crippen LogP contribution in [0.4, 0.5) is 23.1 Å². The third-order valence-electron chi connectivity index (χ3n) is 3.86. The van der Waals surface area contributed by atoms with Gasteiger partial charge in [0.05, 0.1) is 26.1 Å². The molecule has 9 heteroatoms. The van der Waals surface area contributed by atoms with E-state index in [-0.39, 0.29) is 6.79 Å². The van der Waals surface area contributed by atoms with Gasteiger partial charge in [0.15, 0.2) is 17.3 Å². The Labute approximate surface area is 155 Å². The van der Waals surface area contributed by atoms with Crippen LogP contribution in [0, 0.1) is 0 Å². The maximum atomic E-state index is 5.38. The van der Waals surface area contributed by atoms with Gasteiger partial charge in [0.25, 0.3) is 0 Å². The Morgan fingerprint density at radius 2 is 1.85 bits per heavy atom. The van der Waals surface area contributed by atoms with Gasteiger partial charge in [-0.2, -0.15) is 10.1 Å². The van der Waals surface area contributed by atoms with Crippen molar-refractivity contribution < 1.29 is 18.9 Å². The van der Waals surface area contributed by atoms with Gasteiger partial charge < -0.3 is 29.6 Å². The van der Waals surface area contributed by atoms with Crippen LogP contribution in [0.15, 0.2) is 42.6 Å². The van der Waals surface area contributed by atoms with E-state index >= 15 is 0 Å². The number of fused-ring (bicyclic) bond motifs is 1. The highest BCUT2D eigenvalue weighted by molar-refractivity contribution is 5.66. The third-order valence-corrected chi connectivity index (χ3v) is 3.86. The van der Waals surface area contributed by atoms with E-state index in [2.05, 4.69) is 25.8 Å². The molecule has 9 nitrogen and oxygen atoms in total. The minimum atomic E-state index is 0.222. The van der Waals surface area contributed by atoms with Crippen molar-refractivity contribution >= 4 is 23.1 Å². The number of aromatic nitrogens is 3. The monoisotopic (exact) mass is 367 g/mol. The molecule has 3 aromatic rings. The van der Waals surface area contributed by atoms with Crippen molar-refractivity contribution in [2.24, 2.45) is 0 Å². The Hall–Kier alpha value is -3.75. The van der Waals surface area contributed by atoms with Crippen LogP contribution in [0.5, 0.6) is 23.0 Å². The van der Waals surface area contributed by atoms with Crippen LogP contribution in [0.1, 0.15) is 0 Å². The minimum absolute atomic E-state index is 0.222. The molecule has 2 heterocycles. The number of nitrogens with zero attached hydrogens (tertiary/aromatic N) is 3. The number of benzene rings is 2. The first-order chi connectivity index (χ1) is 13.2. The zero-order valence-electron chi connectivity index (χ0n) is 14.7. The van der Waals surface area contributed by atoms with Crippen LogP contribution in [-0.4, -0.2) is 36.2 Å². The van der Waals surface area contributed by atoms with Gasteiger partial charge in [-0.3, -0.25) is 0 Å². The van der Waals surface area contributed by atoms with Gasteiger partial charge in [0, 0.05) is 17.8 Å². The lowest BCUT2D eigenvalue weighted by Gasteiger charge is -2.12. The van der Waals surface area contributed by atoms with E-state index in [4.69, 9.17) is 18.9 Å². The van der Waals surface area contributed by atoms with Crippen molar-refractivity contribution in [3.05, 3.63) is 42.6 Å². The predicted octanol–water partition coefficient (Wildman–Crippen LogP) is 3.10. The first-order valence-electron chi connectivity index (χ1n) is 8.10. The van der Waals surface area contributed by atoms with Gasteiger partial charge >= 0.3 is 0 Å². The molecule has 0 unspecified atom stereocenters. The molecular weight excluding hydrogens is 350 g/mol. The molecule has 1 aromatic heterocycles. The van der Waals surface area contributed by atoms with E-state index < -0.39 is 0 Å². The lowest BCUT2D eigenvalue weighted by atomic mass is 10.2. The summed E-state index contributed by atoms with van der Waals surface area (Å²) in [5.74, 6) is 3.55. The fourth-order valence-electron chi connectivity index (χ4n) is 2.56. The van der Waals surface area contributed by atoms with E-state index in [1.165, 1.54) is 6.20 Å². The number of methoxy groups -OCH3 is 2. The van der Waals surface area contributed by atoms with E-state index in [0.717, 1.165) is 11.4 Å². The molecule has 0 spiro atoms. The maximum absolute atomic E-state index is 5.38. The summed E-state index contributed by atoms with van der Waals surface area (Å²) in [6.45, 7) is 0.222. The molecule has 0 amide bonds. The van der Waals surface area contributed by atoms with Crippen LogP contribution < -0.4 is 29.6 Å². The topological polar surface area (TPSA) is 99.7 Å². The number of anilines is 4. The standard InChI is InChI=1S/C18H17N5O4/c1-24-12-4-5-13(15(8-12)25-2)21-17-9-19-23-18(22-17)20-11-3-6-14-16(7-11)27-10-26-14/h3-9H,10H2,1-2H3,(H2,20,21,22,23). The highest BCUT2D eigenvalue weighted by atomic mass is 16.7. The van der Waals surface area contributed by atoms with E-state index in [0.29, 0.717) is 34.8 Å². The average Bonchev–Trinajstić information content (AvgIpc) is 3.16. The maximum Gasteiger partial charge on any atom is 0.249 e. The molecule has 2 aromatic carbocycles. The molecule has 138 valence electrons. The number of hydrogen-bond acceptors (Lipinski definition) is 9. The van der Waals surface area contributed by atoms with Crippen LogP contribution >= 0.6 is 0 Å². The Kier molecular flexibility index (Phi) is 4.48. The Morgan fingerprint density at radius 3 is 2.70 bits per heavy atom. The van der Waals surface area contributed by atoms with E-state index in [1.807, 2.05) is 30.3 Å². The van der Waals surface area contributed by atoms with Gasteiger partial charge in [0.2, 0.25) is 12.7 Å². The lowest BCUT2D eigenvalue weighted by molar-refractivity contribution is 0.174. The fraction of sp³-hybridized carbons (Fsp3) is 0.167. The summed E-state index contributed by atoms with van der Waals surface area (Å²) in [5.41, 5.74) is 1.49.